The molecule has 1 nitrogen and oxygen atoms in total. The maximum absolute atomic E-state index is 2.54. The summed E-state index contributed by atoms with van der Waals surface area (Å²) >= 11 is -1.60. The zero-order valence-corrected chi connectivity index (χ0v) is 13.1. The Balaban J connectivity index is 0.00000144. The molecule has 0 saturated carbocycles. The second kappa shape index (κ2) is 7.47. The summed E-state index contributed by atoms with van der Waals surface area (Å²) in [5, 5.41) is 0. The molecule has 2 rings (SSSR count). The Kier molecular flexibility index (Phi) is 6.63. The van der Waals surface area contributed by atoms with Gasteiger partial charge in [0.25, 0.3) is 0 Å². The summed E-state index contributed by atoms with van der Waals surface area (Å²) < 4.78 is 2.54. The van der Waals surface area contributed by atoms with Gasteiger partial charge in [-0.25, -0.2) is 0 Å². The van der Waals surface area contributed by atoms with Crippen molar-refractivity contribution in [1.82, 2.24) is 0 Å². The van der Waals surface area contributed by atoms with Crippen molar-refractivity contribution in [1.29, 1.82) is 0 Å². The molecule has 0 aliphatic rings. The number of para-hydroxylation sites is 2. The van der Waals surface area contributed by atoms with Crippen molar-refractivity contribution in [3.63, 3.8) is 0 Å². The van der Waals surface area contributed by atoms with Crippen LogP contribution in [0.5, 0.6) is 0 Å². The molecule has 0 unspecified atom stereocenters. The van der Waals surface area contributed by atoms with Crippen molar-refractivity contribution >= 4 is 61.0 Å². The Morgan fingerprint density at radius 1 is 0.706 bits per heavy atom. The van der Waals surface area contributed by atoms with Gasteiger partial charge in [0.15, 0.2) is 0 Å². The molecule has 2 aromatic carbocycles. The fraction of sp³-hybridized carbons (Fsp3) is 0.143. The third-order valence-corrected chi connectivity index (χ3v) is 7.23. The Hall–Kier alpha value is 0.0387. The average Bonchev–Trinajstić information content (AvgIpc) is 2.31. The van der Waals surface area contributed by atoms with Crippen LogP contribution in [-0.4, -0.2) is 49.6 Å². The SMILES string of the molecule is [CH3][SnH]([CH3])[N](c1ccccc1)c1ccccc1.[NaH]. The third kappa shape index (κ3) is 4.02. The van der Waals surface area contributed by atoms with Crippen molar-refractivity contribution in [2.24, 2.45) is 0 Å². The van der Waals surface area contributed by atoms with Crippen LogP contribution in [0.25, 0.3) is 0 Å². The quantitative estimate of drug-likeness (QED) is 0.775. The fourth-order valence-electron chi connectivity index (χ4n) is 1.92. The molecule has 0 fully saturated rings. The molecule has 0 aromatic heterocycles. The number of benzene rings is 2. The molecule has 0 heterocycles. The molecule has 0 atom stereocenters. The van der Waals surface area contributed by atoms with E-state index in [2.05, 4.69) is 73.7 Å². The van der Waals surface area contributed by atoms with Crippen molar-refractivity contribution < 1.29 is 0 Å². The molecule has 0 bridgehead atoms. The molecule has 0 amide bonds. The Bertz CT molecular complexity index is 391. The first-order chi connectivity index (χ1) is 7.79. The molecule has 0 radical (unpaired) electrons. The molecule has 84 valence electrons. The van der Waals surface area contributed by atoms with Gasteiger partial charge < -0.3 is 0 Å². The molecule has 0 aliphatic heterocycles. The van der Waals surface area contributed by atoms with Crippen LogP contribution in [0, 0.1) is 0 Å². The number of hydrogen-bond donors (Lipinski definition) is 0. The van der Waals surface area contributed by atoms with Gasteiger partial charge in [-0.2, -0.15) is 0 Å². The molecule has 3 heteroatoms. The Morgan fingerprint density at radius 3 is 1.35 bits per heavy atom. The summed E-state index contributed by atoms with van der Waals surface area (Å²) in [6, 6.07) is 21.4. The summed E-state index contributed by atoms with van der Waals surface area (Å²) in [5.74, 6) is 0. The summed E-state index contributed by atoms with van der Waals surface area (Å²) in [4.78, 5) is 4.84. The van der Waals surface area contributed by atoms with E-state index in [0.29, 0.717) is 0 Å². The van der Waals surface area contributed by atoms with E-state index >= 15 is 0 Å². The van der Waals surface area contributed by atoms with E-state index in [0.717, 1.165) is 0 Å². The van der Waals surface area contributed by atoms with Gasteiger partial charge in [0.2, 0.25) is 0 Å². The third-order valence-electron chi connectivity index (χ3n) is 2.59. The van der Waals surface area contributed by atoms with Gasteiger partial charge in [0.1, 0.15) is 0 Å². The summed E-state index contributed by atoms with van der Waals surface area (Å²) in [5.41, 5.74) is 2.67. The first-order valence-corrected chi connectivity index (χ1v) is 13.7. The average molecular weight is 342 g/mol. The summed E-state index contributed by atoms with van der Waals surface area (Å²) in [7, 11) is 0. The minimum atomic E-state index is -1.60. The molecule has 17 heavy (non-hydrogen) atoms. The number of hydrogen-bond acceptors (Lipinski definition) is 1. The second-order valence-corrected chi connectivity index (χ2v) is 11.9. The van der Waals surface area contributed by atoms with Gasteiger partial charge in [0, 0.05) is 0 Å². The van der Waals surface area contributed by atoms with Crippen LogP contribution < -0.4 is 3.12 Å². The first kappa shape index (κ1) is 15.1. The van der Waals surface area contributed by atoms with Gasteiger partial charge in [0.05, 0.1) is 0 Å². The standard InChI is InChI=1S/C12H10N.2CH3.Na.Sn.2H/c1-3-7-11(8-4-1)13-12-9-5-2-6-10-12;;;;;;/h1-10H;2*1H3;;;;/q-1;;;;+1;;. The van der Waals surface area contributed by atoms with Crippen molar-refractivity contribution in [2.45, 2.75) is 9.88 Å². The van der Waals surface area contributed by atoms with Crippen molar-refractivity contribution in [3.8, 4) is 0 Å². The van der Waals surface area contributed by atoms with Crippen LogP contribution in [0.2, 0.25) is 9.88 Å². The van der Waals surface area contributed by atoms with Crippen LogP contribution in [0.1, 0.15) is 0 Å². The van der Waals surface area contributed by atoms with Gasteiger partial charge in [-0.15, -0.1) is 0 Å². The van der Waals surface area contributed by atoms with E-state index < -0.39 is 20.0 Å². The van der Waals surface area contributed by atoms with Crippen LogP contribution in [0.4, 0.5) is 11.4 Å². The second-order valence-electron chi connectivity index (χ2n) is 4.13. The van der Waals surface area contributed by atoms with Crippen molar-refractivity contribution in [3.05, 3.63) is 60.7 Å². The molecular weight excluding hydrogens is 324 g/mol. The number of rotatable bonds is 3. The van der Waals surface area contributed by atoms with Crippen LogP contribution in [0.3, 0.4) is 0 Å². The van der Waals surface area contributed by atoms with E-state index in [1.807, 2.05) is 0 Å². The molecule has 0 N–H and O–H groups in total. The predicted octanol–water partition coefficient (Wildman–Crippen LogP) is 3.16. The predicted molar refractivity (Wildman–Crippen MR) is 81.0 cm³/mol. The van der Waals surface area contributed by atoms with Crippen molar-refractivity contribution in [2.75, 3.05) is 3.12 Å². The number of nitrogens with zero attached hydrogens (tertiary/aromatic N) is 1. The van der Waals surface area contributed by atoms with E-state index in [1.165, 1.54) is 11.4 Å². The molecule has 2 aromatic rings. The van der Waals surface area contributed by atoms with Crippen LogP contribution in [0.15, 0.2) is 60.7 Å². The van der Waals surface area contributed by atoms with E-state index in [4.69, 9.17) is 0 Å². The van der Waals surface area contributed by atoms with Gasteiger partial charge in [-0.3, -0.25) is 0 Å². The van der Waals surface area contributed by atoms with E-state index in [1.54, 1.807) is 0 Å². The van der Waals surface area contributed by atoms with Gasteiger partial charge >= 0.3 is 135 Å². The monoisotopic (exact) mass is 343 g/mol. The van der Waals surface area contributed by atoms with Crippen LogP contribution in [-0.2, 0) is 0 Å². The molecule has 0 spiro atoms. The molecule has 0 saturated heterocycles. The minimum absolute atomic E-state index is 0. The topological polar surface area (TPSA) is 3.24 Å². The van der Waals surface area contributed by atoms with E-state index in [-0.39, 0.29) is 29.6 Å². The first-order valence-electron chi connectivity index (χ1n) is 5.68. The summed E-state index contributed by atoms with van der Waals surface area (Å²) in [6.07, 6.45) is 0. The Labute approximate surface area is 133 Å². The zero-order chi connectivity index (χ0) is 11.4. The van der Waals surface area contributed by atoms with Crippen LogP contribution >= 0.6 is 0 Å². The van der Waals surface area contributed by atoms with E-state index in [9.17, 15) is 0 Å². The molecule has 0 aliphatic carbocycles. The molecular formula is C14H18NNaSn. The zero-order valence-electron chi connectivity index (χ0n) is 9.80. The Morgan fingerprint density at radius 2 is 1.06 bits per heavy atom. The van der Waals surface area contributed by atoms with Gasteiger partial charge in [-0.05, 0) is 0 Å². The number of anilines is 2. The maximum atomic E-state index is 2.54. The van der Waals surface area contributed by atoms with Gasteiger partial charge in [-0.1, -0.05) is 0 Å². The fourth-order valence-corrected chi connectivity index (χ4v) is 6.31. The summed E-state index contributed by atoms with van der Waals surface area (Å²) in [6.45, 7) is 0. The normalized spacial score (nSPS) is 9.82.